The third-order valence-electron chi connectivity index (χ3n) is 5.76. The Bertz CT molecular complexity index is 1100. The largest absolute Gasteiger partial charge is 0.480 e. The third kappa shape index (κ3) is 9.54. The van der Waals surface area contributed by atoms with Crippen LogP contribution < -0.4 is 33.2 Å². The molecule has 202 valence electrons. The number of carbonyl (C=O) groups excluding carboxylic acids is 4. The van der Waals surface area contributed by atoms with Gasteiger partial charge in [-0.25, -0.2) is 0 Å². The molecule has 0 bridgehead atoms. The molecule has 1 aromatic carbocycles. The number of rotatable bonds is 16. The predicted octanol–water partition coefficient (Wildman–Crippen LogP) is -1.40. The van der Waals surface area contributed by atoms with Gasteiger partial charge in [-0.15, -0.1) is 0 Å². The Balaban J connectivity index is 2.24. The number of H-pyrrole nitrogens is 1. The summed E-state index contributed by atoms with van der Waals surface area (Å²) in [6.45, 7) is -0.216. The minimum Gasteiger partial charge on any atom is -0.480 e. The summed E-state index contributed by atoms with van der Waals surface area (Å²) < 4.78 is 0. The van der Waals surface area contributed by atoms with E-state index in [0.29, 0.717) is 19.4 Å². The van der Waals surface area contributed by atoms with E-state index in [0.717, 1.165) is 16.5 Å². The number of amides is 4. The first kappa shape index (κ1) is 29.3. The number of unbranched alkanes of at least 4 members (excludes halogenated alkanes) is 1. The van der Waals surface area contributed by atoms with Crippen molar-refractivity contribution < 1.29 is 29.1 Å². The molecule has 0 spiro atoms. The molecule has 3 unspecified atom stereocenters. The number of carboxylic acids is 1. The van der Waals surface area contributed by atoms with E-state index in [-0.39, 0.29) is 25.7 Å². The monoisotopic (exact) mass is 517 g/mol. The summed E-state index contributed by atoms with van der Waals surface area (Å²) in [4.78, 5) is 63.7. The van der Waals surface area contributed by atoms with Crippen LogP contribution in [0.3, 0.4) is 0 Å². The van der Waals surface area contributed by atoms with Crippen molar-refractivity contribution in [3.05, 3.63) is 36.0 Å². The predicted molar refractivity (Wildman–Crippen MR) is 136 cm³/mol. The maximum atomic E-state index is 13.3. The summed E-state index contributed by atoms with van der Waals surface area (Å²) in [5.74, 6) is -3.80. The van der Waals surface area contributed by atoms with Crippen molar-refractivity contribution in [3.63, 3.8) is 0 Å². The molecular formula is C24H35N7O6. The van der Waals surface area contributed by atoms with Crippen molar-refractivity contribution in [2.45, 2.75) is 56.7 Å². The van der Waals surface area contributed by atoms with Crippen molar-refractivity contribution in [2.75, 3.05) is 13.1 Å². The zero-order valence-corrected chi connectivity index (χ0v) is 20.5. The maximum Gasteiger partial charge on any atom is 0.322 e. The summed E-state index contributed by atoms with van der Waals surface area (Å²) >= 11 is 0. The van der Waals surface area contributed by atoms with Crippen molar-refractivity contribution >= 4 is 40.5 Å². The molecule has 0 aliphatic heterocycles. The Morgan fingerprint density at radius 1 is 0.946 bits per heavy atom. The second-order valence-corrected chi connectivity index (χ2v) is 8.69. The number of nitrogens with two attached hydrogens (primary N) is 3. The fourth-order valence-corrected chi connectivity index (χ4v) is 3.76. The number of primary amides is 1. The van der Waals surface area contributed by atoms with Crippen molar-refractivity contribution in [1.29, 1.82) is 0 Å². The van der Waals surface area contributed by atoms with E-state index in [9.17, 15) is 24.0 Å². The summed E-state index contributed by atoms with van der Waals surface area (Å²) in [5, 5.41) is 17.2. The molecule has 0 saturated heterocycles. The third-order valence-corrected chi connectivity index (χ3v) is 5.76. The average molecular weight is 518 g/mol. The van der Waals surface area contributed by atoms with Crippen LogP contribution in [-0.4, -0.2) is 70.9 Å². The highest BCUT2D eigenvalue weighted by Gasteiger charge is 2.29. The van der Waals surface area contributed by atoms with Crippen LogP contribution in [0.2, 0.25) is 0 Å². The Labute approximate surface area is 213 Å². The number of fused-ring (bicyclic) bond motifs is 1. The van der Waals surface area contributed by atoms with Crippen molar-refractivity contribution in [2.24, 2.45) is 17.2 Å². The first-order chi connectivity index (χ1) is 17.6. The topological polar surface area (TPSA) is 236 Å². The zero-order chi connectivity index (χ0) is 27.4. The van der Waals surface area contributed by atoms with E-state index in [2.05, 4.69) is 20.9 Å². The van der Waals surface area contributed by atoms with E-state index in [1.54, 1.807) is 6.20 Å². The molecule has 3 atom stereocenters. The highest BCUT2D eigenvalue weighted by molar-refractivity contribution is 5.94. The lowest BCUT2D eigenvalue weighted by Gasteiger charge is -2.24. The van der Waals surface area contributed by atoms with Crippen LogP contribution in [-0.2, 0) is 30.4 Å². The molecule has 13 heteroatoms. The molecule has 2 rings (SSSR count). The number of hydrogen-bond acceptors (Lipinski definition) is 7. The lowest BCUT2D eigenvalue weighted by Crippen LogP contribution is -2.56. The molecule has 0 radical (unpaired) electrons. The van der Waals surface area contributed by atoms with Crippen LogP contribution in [0.4, 0.5) is 0 Å². The normalized spacial score (nSPS) is 13.4. The SMILES string of the molecule is NCCCCC(NC(=O)C(Cc1c[nH]c2ccccc12)NC(=O)C(N)CCC(N)=O)C(=O)NCC(=O)O. The van der Waals surface area contributed by atoms with Crippen LogP contribution in [0.15, 0.2) is 30.5 Å². The van der Waals surface area contributed by atoms with E-state index in [1.807, 2.05) is 24.3 Å². The van der Waals surface area contributed by atoms with E-state index in [4.69, 9.17) is 22.3 Å². The number of aliphatic carboxylic acids is 1. The lowest BCUT2D eigenvalue weighted by atomic mass is 10.0. The number of carbonyl (C=O) groups is 5. The van der Waals surface area contributed by atoms with Gasteiger partial charge in [-0.2, -0.15) is 0 Å². The summed E-state index contributed by atoms with van der Waals surface area (Å²) in [5.41, 5.74) is 18.1. The van der Waals surface area contributed by atoms with Crippen molar-refractivity contribution in [3.8, 4) is 0 Å². The molecule has 0 saturated carbocycles. The Kier molecular flexibility index (Phi) is 11.5. The molecule has 1 heterocycles. The van der Waals surface area contributed by atoms with Gasteiger partial charge in [0.05, 0.1) is 6.04 Å². The van der Waals surface area contributed by atoms with Gasteiger partial charge in [0.15, 0.2) is 0 Å². The van der Waals surface area contributed by atoms with Crippen LogP contribution in [0.5, 0.6) is 0 Å². The average Bonchev–Trinajstić information content (AvgIpc) is 3.27. The number of benzene rings is 1. The van der Waals surface area contributed by atoms with Gasteiger partial charge in [0.1, 0.15) is 18.6 Å². The molecule has 11 N–H and O–H groups in total. The second-order valence-electron chi connectivity index (χ2n) is 8.69. The van der Waals surface area contributed by atoms with Crippen molar-refractivity contribution in [1.82, 2.24) is 20.9 Å². The first-order valence-corrected chi connectivity index (χ1v) is 12.0. The number of para-hydroxylation sites is 1. The van der Waals surface area contributed by atoms with Gasteiger partial charge in [0.25, 0.3) is 0 Å². The van der Waals surface area contributed by atoms with E-state index >= 15 is 0 Å². The molecule has 37 heavy (non-hydrogen) atoms. The molecular weight excluding hydrogens is 482 g/mol. The Morgan fingerprint density at radius 2 is 1.65 bits per heavy atom. The van der Waals surface area contributed by atoms with Crippen LogP contribution in [0.1, 0.15) is 37.7 Å². The molecule has 13 nitrogen and oxygen atoms in total. The maximum absolute atomic E-state index is 13.3. The Hall–Kier alpha value is -3.97. The lowest BCUT2D eigenvalue weighted by molar-refractivity contribution is -0.138. The summed E-state index contributed by atoms with van der Waals surface area (Å²) in [6.07, 6.45) is 3.05. The number of aromatic nitrogens is 1. The fourth-order valence-electron chi connectivity index (χ4n) is 3.76. The Morgan fingerprint density at radius 3 is 2.32 bits per heavy atom. The van der Waals surface area contributed by atoms with Gasteiger partial charge >= 0.3 is 5.97 Å². The number of aromatic amines is 1. The minimum absolute atomic E-state index is 0.00188. The zero-order valence-electron chi connectivity index (χ0n) is 20.5. The number of carboxylic acid groups (broad SMARTS) is 1. The molecule has 0 fully saturated rings. The summed E-state index contributed by atoms with van der Waals surface area (Å²) in [7, 11) is 0. The molecule has 4 amide bonds. The summed E-state index contributed by atoms with van der Waals surface area (Å²) in [6, 6.07) is 4.20. The van der Waals surface area contributed by atoms with Gasteiger partial charge in [-0.1, -0.05) is 18.2 Å². The number of nitrogens with one attached hydrogen (secondary N) is 4. The molecule has 1 aromatic heterocycles. The van der Waals surface area contributed by atoms with E-state index in [1.165, 1.54) is 0 Å². The number of hydrogen-bond donors (Lipinski definition) is 8. The van der Waals surface area contributed by atoms with E-state index < -0.39 is 54.3 Å². The smallest absolute Gasteiger partial charge is 0.322 e. The van der Waals surface area contributed by atoms with Crippen LogP contribution >= 0.6 is 0 Å². The van der Waals surface area contributed by atoms with Gasteiger partial charge in [0, 0.05) is 29.9 Å². The molecule has 0 aliphatic carbocycles. The molecule has 2 aromatic rings. The highest BCUT2D eigenvalue weighted by atomic mass is 16.4. The van der Waals surface area contributed by atoms with Gasteiger partial charge < -0.3 is 43.2 Å². The fraction of sp³-hybridized carbons (Fsp3) is 0.458. The van der Waals surface area contributed by atoms with Crippen LogP contribution in [0, 0.1) is 0 Å². The van der Waals surface area contributed by atoms with Gasteiger partial charge in [-0.3, -0.25) is 24.0 Å². The van der Waals surface area contributed by atoms with Gasteiger partial charge in [0.2, 0.25) is 23.6 Å². The standard InChI is InChI=1S/C24H35N7O6/c25-10-4-3-7-18(23(36)29-13-21(33)34)30-24(37)19(31-22(35)16(26)8-9-20(27)32)11-14-12-28-17-6-2-1-5-15(14)17/h1-2,5-6,12,16,18-19,28H,3-4,7-11,13,25-26H2,(H2,27,32)(H,29,36)(H,30,37)(H,31,35)(H,33,34). The molecule has 0 aliphatic rings. The first-order valence-electron chi connectivity index (χ1n) is 12.0. The minimum atomic E-state index is -1.23. The second kappa shape index (κ2) is 14.6. The quantitative estimate of drug-likeness (QED) is 0.123. The van der Waals surface area contributed by atoms with Crippen LogP contribution in [0.25, 0.3) is 10.9 Å². The highest BCUT2D eigenvalue weighted by Crippen LogP contribution is 2.19. The van der Waals surface area contributed by atoms with Gasteiger partial charge in [-0.05, 0) is 43.9 Å².